The summed E-state index contributed by atoms with van der Waals surface area (Å²) in [6, 6.07) is 0. The lowest BCUT2D eigenvalue weighted by Crippen LogP contribution is -2.56. The van der Waals surface area contributed by atoms with Crippen molar-refractivity contribution in [1.29, 1.82) is 0 Å². The smallest absolute Gasteiger partial charge is 0.241 e. The van der Waals surface area contributed by atoms with Crippen LogP contribution in [0, 0.1) is 5.92 Å². The molecule has 5 heteroatoms. The summed E-state index contributed by atoms with van der Waals surface area (Å²) in [5.41, 5.74) is 0. The van der Waals surface area contributed by atoms with Crippen LogP contribution in [-0.4, -0.2) is 40.8 Å². The Morgan fingerprint density at radius 3 is 1.37 bits per heavy atom. The van der Waals surface area contributed by atoms with E-state index in [4.69, 9.17) is 12.2 Å². The Bertz CT molecular complexity index is 443. The molecule has 4 nitrogen and oxygen atoms in total. The van der Waals surface area contributed by atoms with Gasteiger partial charge >= 0.3 is 0 Å². The Balaban J connectivity index is 1.98. The van der Waals surface area contributed by atoms with E-state index in [-0.39, 0.29) is 11.8 Å². The van der Waals surface area contributed by atoms with Gasteiger partial charge < -0.3 is 0 Å². The third-order valence-corrected chi connectivity index (χ3v) is 6.23. The molecule has 0 aromatic rings. The van der Waals surface area contributed by atoms with Crippen LogP contribution in [-0.2, 0) is 9.59 Å². The molecule has 156 valence electrons. The van der Waals surface area contributed by atoms with E-state index >= 15 is 0 Å². The van der Waals surface area contributed by atoms with Crippen molar-refractivity contribution in [2.45, 2.75) is 103 Å². The van der Waals surface area contributed by atoms with E-state index in [9.17, 15) is 9.59 Å². The number of carbonyl (C=O) groups excluding carboxylic acids is 2. The van der Waals surface area contributed by atoms with Crippen molar-refractivity contribution in [3.05, 3.63) is 0 Å². The second kappa shape index (κ2) is 14.1. The number of hydrogen-bond donors (Lipinski definition) is 0. The Kier molecular flexibility index (Phi) is 12.6. The van der Waals surface area contributed by atoms with Crippen LogP contribution < -0.4 is 0 Å². The van der Waals surface area contributed by atoms with Gasteiger partial charge in [-0.2, -0.15) is 0 Å². The molecule has 1 saturated heterocycles. The summed E-state index contributed by atoms with van der Waals surface area (Å²) >= 11 is 5.11. The molecule has 1 heterocycles. The van der Waals surface area contributed by atoms with E-state index in [1.165, 1.54) is 86.8 Å². The second-order valence-corrected chi connectivity index (χ2v) is 8.38. The first-order chi connectivity index (χ1) is 13.0. The maximum atomic E-state index is 12.2. The first kappa shape index (κ1) is 24.1. The SMILES string of the molecule is CCCCCCCCCCCCCCCCC1C(=O)N(C)C(=S)N(C)C1=O. The minimum absolute atomic E-state index is 0.141. The molecular weight excluding hydrogens is 356 g/mol. The van der Waals surface area contributed by atoms with Crippen LogP contribution >= 0.6 is 12.2 Å². The van der Waals surface area contributed by atoms with Crippen molar-refractivity contribution >= 4 is 29.1 Å². The lowest BCUT2D eigenvalue weighted by Gasteiger charge is -2.35. The van der Waals surface area contributed by atoms with Crippen molar-refractivity contribution in [2.75, 3.05) is 14.1 Å². The summed E-state index contributed by atoms with van der Waals surface area (Å²) in [6.45, 7) is 2.27. The number of carbonyl (C=O) groups is 2. The Morgan fingerprint density at radius 2 is 1.00 bits per heavy atom. The van der Waals surface area contributed by atoms with E-state index < -0.39 is 5.92 Å². The van der Waals surface area contributed by atoms with Gasteiger partial charge in [0, 0.05) is 14.1 Å². The first-order valence-corrected chi connectivity index (χ1v) is 11.5. The Hall–Kier alpha value is -0.970. The second-order valence-electron chi connectivity index (χ2n) is 8.01. The molecule has 2 amide bonds. The number of unbranched alkanes of at least 4 members (excludes halogenated alkanes) is 13. The molecule has 1 fully saturated rings. The summed E-state index contributed by atoms with van der Waals surface area (Å²) in [7, 11) is 3.32. The first-order valence-electron chi connectivity index (χ1n) is 11.1. The maximum Gasteiger partial charge on any atom is 0.241 e. The lowest BCUT2D eigenvalue weighted by atomic mass is 9.96. The fourth-order valence-corrected chi connectivity index (χ4v) is 3.96. The highest BCUT2D eigenvalue weighted by Gasteiger charge is 2.39. The number of amides is 2. The van der Waals surface area contributed by atoms with Crippen LogP contribution in [0.1, 0.15) is 103 Å². The number of nitrogens with zero attached hydrogens (tertiary/aromatic N) is 2. The minimum Gasteiger partial charge on any atom is -0.291 e. The van der Waals surface area contributed by atoms with E-state index in [2.05, 4.69) is 6.92 Å². The lowest BCUT2D eigenvalue weighted by molar-refractivity contribution is -0.145. The Labute approximate surface area is 172 Å². The molecular formula is C22H40N2O2S. The van der Waals surface area contributed by atoms with E-state index in [1.54, 1.807) is 14.1 Å². The van der Waals surface area contributed by atoms with Crippen molar-refractivity contribution in [3.8, 4) is 0 Å². The standard InChI is InChI=1S/C22H40N2O2S/c1-4-5-6-7-8-9-10-11-12-13-14-15-16-17-18-19-20(25)23(2)22(27)24(3)21(19)26/h19H,4-18H2,1-3H3. The maximum absolute atomic E-state index is 12.2. The van der Waals surface area contributed by atoms with Gasteiger partial charge in [0.2, 0.25) is 11.8 Å². The molecule has 27 heavy (non-hydrogen) atoms. The van der Waals surface area contributed by atoms with Gasteiger partial charge in [0.15, 0.2) is 5.11 Å². The van der Waals surface area contributed by atoms with Crippen molar-refractivity contribution < 1.29 is 9.59 Å². The number of rotatable bonds is 15. The summed E-state index contributed by atoms with van der Waals surface area (Å²) in [5.74, 6) is -0.820. The molecule has 0 N–H and O–H groups in total. The van der Waals surface area contributed by atoms with Gasteiger partial charge in [0.25, 0.3) is 0 Å². The van der Waals surface area contributed by atoms with Crippen molar-refractivity contribution in [1.82, 2.24) is 9.80 Å². The van der Waals surface area contributed by atoms with E-state index in [0.29, 0.717) is 11.5 Å². The fraction of sp³-hybridized carbons (Fsp3) is 0.864. The zero-order valence-corrected chi connectivity index (χ0v) is 18.6. The summed E-state index contributed by atoms with van der Waals surface area (Å²) < 4.78 is 0. The molecule has 1 aliphatic heterocycles. The predicted molar refractivity (Wildman–Crippen MR) is 117 cm³/mol. The fourth-order valence-electron chi connectivity index (χ4n) is 3.78. The van der Waals surface area contributed by atoms with E-state index in [1.807, 2.05) is 0 Å². The molecule has 0 bridgehead atoms. The summed E-state index contributed by atoms with van der Waals surface area (Å²) in [6.07, 6.45) is 18.9. The van der Waals surface area contributed by atoms with Gasteiger partial charge in [-0.15, -0.1) is 0 Å². The largest absolute Gasteiger partial charge is 0.291 e. The molecule has 1 rings (SSSR count). The average Bonchev–Trinajstić information content (AvgIpc) is 2.67. The quantitative estimate of drug-likeness (QED) is 0.203. The van der Waals surface area contributed by atoms with Crippen LogP contribution in [0.4, 0.5) is 0 Å². The van der Waals surface area contributed by atoms with Crippen LogP contribution in [0.5, 0.6) is 0 Å². The van der Waals surface area contributed by atoms with Gasteiger partial charge in [-0.3, -0.25) is 19.4 Å². The van der Waals surface area contributed by atoms with Gasteiger partial charge in [-0.05, 0) is 18.6 Å². The molecule has 0 unspecified atom stereocenters. The highest BCUT2D eigenvalue weighted by atomic mass is 32.1. The average molecular weight is 397 g/mol. The van der Waals surface area contributed by atoms with Crippen LogP contribution in [0.15, 0.2) is 0 Å². The minimum atomic E-state index is -0.538. The normalized spacial score (nSPS) is 15.9. The third-order valence-electron chi connectivity index (χ3n) is 5.68. The highest BCUT2D eigenvalue weighted by molar-refractivity contribution is 7.80. The molecule has 0 atom stereocenters. The van der Waals surface area contributed by atoms with Gasteiger partial charge in [0.05, 0.1) is 0 Å². The highest BCUT2D eigenvalue weighted by Crippen LogP contribution is 2.21. The Morgan fingerprint density at radius 1 is 0.667 bits per heavy atom. The third kappa shape index (κ3) is 8.71. The van der Waals surface area contributed by atoms with Gasteiger partial charge in [-0.1, -0.05) is 96.8 Å². The topological polar surface area (TPSA) is 40.6 Å². The molecule has 0 radical (unpaired) electrons. The van der Waals surface area contributed by atoms with Gasteiger partial charge in [-0.25, -0.2) is 0 Å². The zero-order chi connectivity index (χ0) is 20.1. The molecule has 0 spiro atoms. The molecule has 0 saturated carbocycles. The van der Waals surface area contributed by atoms with Crippen LogP contribution in [0.25, 0.3) is 0 Å². The van der Waals surface area contributed by atoms with Crippen LogP contribution in [0.3, 0.4) is 0 Å². The monoisotopic (exact) mass is 396 g/mol. The van der Waals surface area contributed by atoms with E-state index in [0.717, 1.165) is 12.8 Å². The predicted octanol–water partition coefficient (Wildman–Crippen LogP) is 5.69. The number of hydrogen-bond acceptors (Lipinski definition) is 3. The zero-order valence-electron chi connectivity index (χ0n) is 17.8. The summed E-state index contributed by atoms with van der Waals surface area (Å²) in [5, 5.41) is 0.308. The van der Waals surface area contributed by atoms with Gasteiger partial charge in [0.1, 0.15) is 5.92 Å². The summed E-state index contributed by atoms with van der Waals surface area (Å²) in [4.78, 5) is 27.4. The molecule has 0 aliphatic carbocycles. The molecule has 0 aromatic heterocycles. The van der Waals surface area contributed by atoms with Crippen molar-refractivity contribution in [3.63, 3.8) is 0 Å². The van der Waals surface area contributed by atoms with Crippen LogP contribution in [0.2, 0.25) is 0 Å². The molecule has 0 aromatic carbocycles. The number of thiocarbonyl (C=S) groups is 1. The van der Waals surface area contributed by atoms with Crippen molar-refractivity contribution in [2.24, 2.45) is 5.92 Å². The molecule has 1 aliphatic rings.